The van der Waals surface area contributed by atoms with Crippen LogP contribution in [-0.2, 0) is 46.4 Å². The summed E-state index contributed by atoms with van der Waals surface area (Å²) in [4.78, 5) is 103. The van der Waals surface area contributed by atoms with E-state index in [2.05, 4.69) is 42.2 Å². The number of nitrogens with one attached hydrogen (secondary N) is 10. The van der Waals surface area contributed by atoms with Gasteiger partial charge in [-0.05, 0) is 62.1 Å². The van der Waals surface area contributed by atoms with Crippen LogP contribution in [0.15, 0.2) is 60.8 Å². The number of rotatable bonds is 15. The molecule has 2 aromatic carbocycles. The number of aromatic amines is 1. The van der Waals surface area contributed by atoms with Crippen LogP contribution in [-0.4, -0.2) is 137 Å². The third-order valence-corrected chi connectivity index (χ3v) is 14.0. The molecule has 0 saturated carbocycles. The van der Waals surface area contributed by atoms with E-state index in [4.69, 9.17) is 33.8 Å². The molecule has 2 saturated heterocycles. The molecule has 0 radical (unpaired) electrons. The lowest BCUT2D eigenvalue weighted by Gasteiger charge is -2.30. The van der Waals surface area contributed by atoms with Crippen LogP contribution < -0.4 is 60.2 Å². The number of fused-ring (bicyclic) bond motifs is 2. The second-order valence-corrected chi connectivity index (χ2v) is 19.2. The first-order chi connectivity index (χ1) is 32.6. The quantitative estimate of drug-likeness (QED) is 0.0357. The van der Waals surface area contributed by atoms with Gasteiger partial charge in [0.05, 0.1) is 6.04 Å². The number of para-hydroxylation sites is 1. The summed E-state index contributed by atoms with van der Waals surface area (Å²) in [6.07, 6.45) is 3.42. The highest BCUT2D eigenvalue weighted by Gasteiger charge is 2.40. The Morgan fingerprint density at radius 3 is 2.12 bits per heavy atom. The Kier molecular flexibility index (Phi) is 20.2. The molecule has 0 spiro atoms. The second-order valence-electron chi connectivity index (χ2n) is 16.6. The van der Waals surface area contributed by atoms with Gasteiger partial charge in [-0.2, -0.15) is 0 Å². The first-order valence-corrected chi connectivity index (χ1v) is 25.0. The van der Waals surface area contributed by atoms with Crippen molar-refractivity contribution in [3.8, 4) is 0 Å². The normalized spacial score (nSPS) is 22.8. The number of carbonyl (C=O) groups is 7. The van der Waals surface area contributed by atoms with Gasteiger partial charge >= 0.3 is 0 Å². The number of primary amides is 1. The Morgan fingerprint density at radius 1 is 0.765 bits per heavy atom. The van der Waals surface area contributed by atoms with Gasteiger partial charge in [-0.15, -0.1) is 0 Å². The van der Waals surface area contributed by atoms with Crippen LogP contribution in [0.3, 0.4) is 0 Å². The molecule has 68 heavy (non-hydrogen) atoms. The maximum Gasteiger partial charge on any atom is 0.245 e. The van der Waals surface area contributed by atoms with Crippen LogP contribution in [0.4, 0.5) is 0 Å². The molecule has 0 unspecified atom stereocenters. The van der Waals surface area contributed by atoms with Crippen molar-refractivity contribution in [3.05, 3.63) is 71.9 Å². The number of hydrogen-bond donors (Lipinski definition) is 14. The number of nitrogens with two attached hydrogens (primary N) is 4. The van der Waals surface area contributed by atoms with E-state index in [1.807, 2.05) is 24.3 Å². The third-order valence-electron chi connectivity index (χ3n) is 11.5. The molecule has 7 atom stereocenters. The minimum Gasteiger partial charge on any atom is -0.370 e. The highest BCUT2D eigenvalue weighted by molar-refractivity contribution is 8.76. The predicted octanol–water partition coefficient (Wildman–Crippen LogP) is -1.51. The van der Waals surface area contributed by atoms with Gasteiger partial charge in [-0.1, -0.05) is 70.1 Å². The van der Waals surface area contributed by atoms with E-state index in [0.29, 0.717) is 30.5 Å². The van der Waals surface area contributed by atoms with Crippen molar-refractivity contribution in [3.63, 3.8) is 0 Å². The van der Waals surface area contributed by atoms with Gasteiger partial charge in [-0.3, -0.25) is 44.4 Å². The zero-order chi connectivity index (χ0) is 49.2. The fraction of sp³-hybridized carbons (Fsp3) is 0.477. The Balaban J connectivity index is 1.48. The largest absolute Gasteiger partial charge is 0.370 e. The zero-order valence-corrected chi connectivity index (χ0v) is 39.3. The van der Waals surface area contributed by atoms with E-state index in [0.717, 1.165) is 10.9 Å². The van der Waals surface area contributed by atoms with Crippen molar-refractivity contribution in [2.75, 3.05) is 31.1 Å². The van der Waals surface area contributed by atoms with Gasteiger partial charge in [0, 0.05) is 61.1 Å². The predicted molar refractivity (Wildman–Crippen MR) is 262 cm³/mol. The summed E-state index contributed by atoms with van der Waals surface area (Å²) < 4.78 is 0. The van der Waals surface area contributed by atoms with Crippen molar-refractivity contribution in [2.24, 2.45) is 22.9 Å². The Labute approximate surface area is 401 Å². The van der Waals surface area contributed by atoms with Gasteiger partial charge < -0.3 is 70.0 Å². The minimum atomic E-state index is -1.27. The third kappa shape index (κ3) is 15.8. The SMILES string of the molecule is N=C(N)NCCC[C@@H]1NC(=O)[C@@H](Cc2ccccc2)NC(=O)[C@@H]2CCCN2C(=O)[C@@H](NC(=O)[C@@H](N)CCCNC(=N)N)CCSSC[C@@H](C(N)=O)NC(=O)[C@H](Cc2c[nH]c3ccccc23)NC1=O. The molecule has 7 amide bonds. The van der Waals surface area contributed by atoms with Gasteiger partial charge in [0.15, 0.2) is 11.9 Å². The minimum absolute atomic E-state index is 0.00262. The van der Waals surface area contributed by atoms with Gasteiger partial charge in [-0.25, -0.2) is 0 Å². The summed E-state index contributed by atoms with van der Waals surface area (Å²) in [5.74, 6) is -4.98. The Bertz CT molecular complexity index is 2270. The van der Waals surface area contributed by atoms with E-state index in [1.165, 1.54) is 26.5 Å². The molecule has 1 aromatic heterocycles. The molecule has 3 heterocycles. The van der Waals surface area contributed by atoms with E-state index in [9.17, 15) is 33.6 Å². The van der Waals surface area contributed by atoms with Crippen LogP contribution in [0.25, 0.3) is 10.9 Å². The smallest absolute Gasteiger partial charge is 0.245 e. The summed E-state index contributed by atoms with van der Waals surface area (Å²) in [7, 11) is 2.47. The van der Waals surface area contributed by atoms with E-state index < -0.39 is 83.6 Å². The van der Waals surface area contributed by atoms with Crippen LogP contribution >= 0.6 is 21.6 Å². The molecule has 2 aliphatic rings. The average molecular weight is 978 g/mol. The first-order valence-electron chi connectivity index (χ1n) is 22.5. The number of benzene rings is 2. The molecule has 22 nitrogen and oxygen atoms in total. The number of H-pyrrole nitrogens is 1. The number of nitrogens with zero attached hydrogens (tertiary/aromatic N) is 1. The number of guanidine groups is 2. The molecule has 5 rings (SSSR count). The Morgan fingerprint density at radius 2 is 1.40 bits per heavy atom. The van der Waals surface area contributed by atoms with Crippen molar-refractivity contribution in [1.82, 2.24) is 47.1 Å². The fourth-order valence-electron chi connectivity index (χ4n) is 7.92. The van der Waals surface area contributed by atoms with Crippen LogP contribution in [0.2, 0.25) is 0 Å². The van der Waals surface area contributed by atoms with E-state index >= 15 is 0 Å². The van der Waals surface area contributed by atoms with Gasteiger partial charge in [0.1, 0.15) is 36.3 Å². The van der Waals surface area contributed by atoms with Crippen LogP contribution in [0.5, 0.6) is 0 Å². The van der Waals surface area contributed by atoms with E-state index in [1.54, 1.807) is 36.5 Å². The topological polar surface area (TPSA) is 375 Å². The van der Waals surface area contributed by atoms with Crippen LogP contribution in [0, 0.1) is 10.8 Å². The molecule has 368 valence electrons. The maximum atomic E-state index is 14.5. The van der Waals surface area contributed by atoms with Crippen molar-refractivity contribution in [1.29, 1.82) is 10.8 Å². The van der Waals surface area contributed by atoms with Crippen molar-refractivity contribution in [2.45, 2.75) is 100 Å². The standard InChI is InChI=1S/C44H63N15O7S2/c45-28(12-6-17-51-43(47)48)37(61)55-31-16-20-67-68-24-34(36(46)60)58-40(64)33(22-26-23-53-29-13-5-4-11-27(26)29)56-38(62)30(14-7-18-52-44(49)50)54-39(63)32(21-25-9-2-1-3-10-25)57-41(65)35-15-8-19-59(35)42(31)66/h1-5,9-11,13,23,28,30-35,53H,6-8,12,14-22,24,45H2,(H2,46,60)(H,54,63)(H,55,61)(H,56,62)(H,57,65)(H,58,64)(H4,47,48,51)(H4,49,50,52)/t28-,30-,31-,32+,33-,34-,35-/m0/s1. The number of aromatic nitrogens is 1. The highest BCUT2D eigenvalue weighted by Crippen LogP contribution is 2.26. The summed E-state index contributed by atoms with van der Waals surface area (Å²) in [6, 6.07) is 8.21. The number of hydrogen-bond acceptors (Lipinski definition) is 12. The summed E-state index contributed by atoms with van der Waals surface area (Å²) in [5.41, 5.74) is 25.1. The maximum absolute atomic E-state index is 14.5. The molecule has 18 N–H and O–H groups in total. The summed E-state index contributed by atoms with van der Waals surface area (Å²) >= 11 is 0. The molecular weight excluding hydrogens is 915 g/mol. The molecule has 2 fully saturated rings. The second kappa shape index (κ2) is 26.1. The molecule has 0 bridgehead atoms. The average Bonchev–Trinajstić information content (AvgIpc) is 3.97. The highest BCUT2D eigenvalue weighted by atomic mass is 33.1. The van der Waals surface area contributed by atoms with E-state index in [-0.39, 0.29) is 81.5 Å². The lowest BCUT2D eigenvalue weighted by molar-refractivity contribution is -0.142. The molecule has 3 aromatic rings. The molecule has 2 aliphatic heterocycles. The summed E-state index contributed by atoms with van der Waals surface area (Å²) in [6.45, 7) is 0.676. The number of amides is 7. The van der Waals surface area contributed by atoms with Crippen molar-refractivity contribution >= 4 is 85.8 Å². The molecule has 0 aliphatic carbocycles. The van der Waals surface area contributed by atoms with Crippen molar-refractivity contribution < 1.29 is 33.6 Å². The number of carbonyl (C=O) groups excluding carboxylic acids is 7. The zero-order valence-electron chi connectivity index (χ0n) is 37.6. The lowest BCUT2D eigenvalue weighted by atomic mass is 10.0. The monoisotopic (exact) mass is 977 g/mol. The van der Waals surface area contributed by atoms with Crippen LogP contribution in [0.1, 0.15) is 56.1 Å². The molecular formula is C44H63N15O7S2. The fourth-order valence-corrected chi connectivity index (χ4v) is 10.2. The Hall–Kier alpha value is -6.53. The first kappa shape index (κ1) is 52.4. The van der Waals surface area contributed by atoms with Gasteiger partial charge in [0.25, 0.3) is 0 Å². The molecule has 24 heteroatoms. The van der Waals surface area contributed by atoms with Gasteiger partial charge in [0.2, 0.25) is 41.4 Å². The lowest BCUT2D eigenvalue weighted by Crippen LogP contribution is -2.60. The summed E-state index contributed by atoms with van der Waals surface area (Å²) in [5, 5.41) is 35.0.